The number of aliphatic hydroxyl groups is 2. The fraction of sp³-hybridized carbons (Fsp3) is 0.808. The Morgan fingerprint density at radius 1 is 0.841 bits per heavy atom. The molecule has 0 amide bonds. The Morgan fingerprint density at radius 2 is 1.39 bits per heavy atom. The van der Waals surface area contributed by atoms with Crippen molar-refractivity contribution in [1.29, 1.82) is 0 Å². The van der Waals surface area contributed by atoms with E-state index in [-0.39, 0.29) is 53.1 Å². The first-order chi connectivity index (χ1) is 20.5. The number of ether oxygens (including phenoxy) is 1. The van der Waals surface area contributed by atoms with Crippen LogP contribution in [-0.2, 0) is 27.2 Å². The van der Waals surface area contributed by atoms with Crippen LogP contribution in [0.3, 0.4) is 0 Å². The van der Waals surface area contributed by atoms with Gasteiger partial charge in [-0.15, -0.1) is 0 Å². The van der Waals surface area contributed by atoms with Gasteiger partial charge in [0.05, 0.1) is 19.5 Å². The zero-order valence-electron chi connectivity index (χ0n) is 25.8. The van der Waals surface area contributed by atoms with E-state index in [1.54, 1.807) is 0 Å². The fourth-order valence-electron chi connectivity index (χ4n) is 4.97. The van der Waals surface area contributed by atoms with Crippen LogP contribution >= 0.6 is 15.6 Å². The molecule has 0 aliphatic carbocycles. The van der Waals surface area contributed by atoms with Gasteiger partial charge in [0.2, 0.25) is 0 Å². The molecule has 1 saturated heterocycles. The molecule has 1 fully saturated rings. The average Bonchev–Trinajstić information content (AvgIpc) is 3.50. The Bertz CT molecular complexity index is 1210. The summed E-state index contributed by atoms with van der Waals surface area (Å²) in [4.78, 5) is 31.8. The van der Waals surface area contributed by atoms with E-state index in [2.05, 4.69) is 26.2 Å². The summed E-state index contributed by atoms with van der Waals surface area (Å²) < 4.78 is 45.4. The Hall–Kier alpha value is -0.510. The van der Waals surface area contributed by atoms with Crippen LogP contribution in [0.15, 0.2) is 12.7 Å². The van der Waals surface area contributed by atoms with Gasteiger partial charge in [-0.25, -0.2) is 24.1 Å². The number of hydrogen-bond donors (Lipinski definition) is 5. The summed E-state index contributed by atoms with van der Waals surface area (Å²) in [5.41, 5.74) is 6.26. The monoisotopic (exact) mass is 674 g/mol. The molecule has 0 aromatic carbocycles. The first-order valence-corrected chi connectivity index (χ1v) is 18.1. The first kappa shape index (κ1) is 39.7. The molecule has 6 N–H and O–H groups in total. The number of nitrogen functional groups attached to an aromatic ring is 1. The van der Waals surface area contributed by atoms with Crippen molar-refractivity contribution in [1.82, 2.24) is 19.5 Å². The molecule has 15 nitrogen and oxygen atoms in total. The van der Waals surface area contributed by atoms with Crippen LogP contribution in [0, 0.1) is 0 Å². The zero-order valence-corrected chi connectivity index (χ0v) is 29.6. The number of anilines is 1. The molecular formula is C26H47N5NaO10P2+. The van der Waals surface area contributed by atoms with Gasteiger partial charge in [-0.3, -0.25) is 13.6 Å². The molecule has 0 saturated carbocycles. The van der Waals surface area contributed by atoms with Gasteiger partial charge in [0.15, 0.2) is 17.7 Å². The Labute approximate surface area is 280 Å². The molecule has 1 aliphatic rings. The van der Waals surface area contributed by atoms with E-state index in [1.807, 2.05) is 0 Å². The maximum Gasteiger partial charge on any atom is 1.00 e. The van der Waals surface area contributed by atoms with Gasteiger partial charge in [-0.05, 0) is 6.42 Å². The number of imidazole rings is 1. The molecule has 18 heteroatoms. The molecule has 3 rings (SSSR count). The van der Waals surface area contributed by atoms with Crippen LogP contribution < -0.4 is 35.3 Å². The van der Waals surface area contributed by atoms with Gasteiger partial charge in [0, 0.05) is 0 Å². The number of rotatable bonds is 22. The second-order valence-corrected chi connectivity index (χ2v) is 13.9. The van der Waals surface area contributed by atoms with Gasteiger partial charge in [0.25, 0.3) is 0 Å². The molecule has 0 radical (unpaired) electrons. The van der Waals surface area contributed by atoms with Gasteiger partial charge in [-0.2, -0.15) is 4.31 Å². The Kier molecular flexibility index (Phi) is 18.0. The summed E-state index contributed by atoms with van der Waals surface area (Å²) >= 11 is 0. The molecule has 2 aromatic rings. The van der Waals surface area contributed by atoms with Crippen LogP contribution in [0.25, 0.3) is 11.2 Å². The Balaban J connectivity index is 0.00000675. The number of aromatic nitrogens is 4. The predicted molar refractivity (Wildman–Crippen MR) is 159 cm³/mol. The van der Waals surface area contributed by atoms with Crippen molar-refractivity contribution >= 4 is 32.6 Å². The molecular weight excluding hydrogens is 627 g/mol. The maximum absolute atomic E-state index is 12.3. The molecule has 246 valence electrons. The van der Waals surface area contributed by atoms with Crippen molar-refractivity contribution < 1.29 is 76.8 Å². The van der Waals surface area contributed by atoms with Crippen molar-refractivity contribution in [2.45, 2.75) is 121 Å². The minimum atomic E-state index is -5.10. The third kappa shape index (κ3) is 12.9. The van der Waals surface area contributed by atoms with Gasteiger partial charge in [0.1, 0.15) is 30.2 Å². The predicted octanol–water partition coefficient (Wildman–Crippen LogP) is 1.76. The number of aliphatic hydroxyl groups excluding tert-OH is 2. The SMILES string of the molecule is CCCCCCCCCCCCCCCCOP(=O)(O)OP(=O)(O)OCC1OC(n2cnc3c(N)ncnc32)C(O)C1O.[Na+]. The number of phosphoric ester groups is 2. The maximum atomic E-state index is 12.3. The number of phosphoric acid groups is 2. The van der Waals surface area contributed by atoms with Gasteiger partial charge < -0.3 is 30.5 Å². The van der Waals surface area contributed by atoms with Crippen molar-refractivity contribution in [3.05, 3.63) is 12.7 Å². The average molecular weight is 675 g/mol. The molecule has 2 aromatic heterocycles. The minimum Gasteiger partial charge on any atom is -0.387 e. The Morgan fingerprint density at radius 3 is 1.98 bits per heavy atom. The number of hydrogen-bond acceptors (Lipinski definition) is 12. The van der Waals surface area contributed by atoms with E-state index in [9.17, 15) is 29.1 Å². The first-order valence-electron chi connectivity index (χ1n) is 15.2. The normalized spacial score (nSPS) is 22.9. The van der Waals surface area contributed by atoms with Crippen molar-refractivity contribution in [2.24, 2.45) is 0 Å². The second kappa shape index (κ2) is 20.0. The molecule has 0 bridgehead atoms. The third-order valence-electron chi connectivity index (χ3n) is 7.36. The van der Waals surface area contributed by atoms with E-state index in [1.165, 1.54) is 75.0 Å². The smallest absolute Gasteiger partial charge is 0.387 e. The standard InChI is InChI=1S/C26H47N5O10P2.Na/c1-2-3-4-5-6-7-8-9-10-11-12-13-14-15-16-38-42(34,35)41-43(36,37)39-17-20-22(32)23(33)26(40-20)31-19-30-21-24(27)28-18-29-25(21)31;/h18-20,22-23,26,32-33H,2-17H2,1H3,(H,34,35)(H,36,37)(H2,27,28,29);/q;+1. The van der Waals surface area contributed by atoms with Crippen LogP contribution in [0.1, 0.15) is 103 Å². The van der Waals surface area contributed by atoms with E-state index >= 15 is 0 Å². The van der Waals surface area contributed by atoms with Gasteiger partial charge >= 0.3 is 45.2 Å². The summed E-state index contributed by atoms with van der Waals surface area (Å²) in [7, 11) is -10.00. The molecule has 44 heavy (non-hydrogen) atoms. The minimum absolute atomic E-state index is 0. The number of nitrogens with zero attached hydrogens (tertiary/aromatic N) is 4. The summed E-state index contributed by atoms with van der Waals surface area (Å²) in [5, 5.41) is 20.9. The van der Waals surface area contributed by atoms with E-state index in [0.29, 0.717) is 6.42 Å². The summed E-state index contributed by atoms with van der Waals surface area (Å²) in [6, 6.07) is 0. The van der Waals surface area contributed by atoms with Crippen LogP contribution in [-0.4, -0.2) is 71.0 Å². The largest absolute Gasteiger partial charge is 1.00 e. The van der Waals surface area contributed by atoms with Crippen molar-refractivity contribution in [3.8, 4) is 0 Å². The summed E-state index contributed by atoms with van der Waals surface area (Å²) in [6.07, 6.45) is 13.1. The quantitative estimate of drug-likeness (QED) is 0.0683. The number of unbranched alkanes of at least 4 members (excludes halogenated alkanes) is 13. The van der Waals surface area contributed by atoms with Crippen LogP contribution in [0.2, 0.25) is 0 Å². The second-order valence-electron chi connectivity index (χ2n) is 10.9. The topological polar surface area (TPSA) is 222 Å². The number of nitrogens with two attached hydrogens (primary N) is 1. The fourth-order valence-corrected chi connectivity index (χ4v) is 7.09. The third-order valence-corrected chi connectivity index (χ3v) is 9.99. The molecule has 3 heterocycles. The summed E-state index contributed by atoms with van der Waals surface area (Å²) in [6.45, 7) is 1.35. The molecule has 0 spiro atoms. The van der Waals surface area contributed by atoms with E-state index in [4.69, 9.17) is 19.5 Å². The summed E-state index contributed by atoms with van der Waals surface area (Å²) in [5.74, 6) is 0.107. The zero-order chi connectivity index (χ0) is 31.3. The molecule has 6 atom stereocenters. The van der Waals surface area contributed by atoms with E-state index in [0.717, 1.165) is 25.7 Å². The molecule has 6 unspecified atom stereocenters. The molecule has 1 aliphatic heterocycles. The van der Waals surface area contributed by atoms with Gasteiger partial charge in [-0.1, -0.05) is 90.4 Å². The van der Waals surface area contributed by atoms with Crippen molar-refractivity contribution in [2.75, 3.05) is 18.9 Å². The van der Waals surface area contributed by atoms with Crippen molar-refractivity contribution in [3.63, 3.8) is 0 Å². The van der Waals surface area contributed by atoms with Crippen LogP contribution in [0.5, 0.6) is 0 Å². The number of fused-ring (bicyclic) bond motifs is 1. The van der Waals surface area contributed by atoms with E-state index < -0.39 is 46.8 Å². The van der Waals surface area contributed by atoms with Crippen LogP contribution in [0.4, 0.5) is 5.82 Å².